The first-order valence-corrected chi connectivity index (χ1v) is 5.21. The van der Waals surface area contributed by atoms with E-state index in [-0.39, 0.29) is 18.1 Å². The number of ether oxygens (including phenoxy) is 1. The molecule has 0 saturated carbocycles. The van der Waals surface area contributed by atoms with Gasteiger partial charge in [0.1, 0.15) is 24.1 Å². The van der Waals surface area contributed by atoms with Gasteiger partial charge < -0.3 is 31.5 Å². The molecule has 0 bridgehead atoms. The van der Waals surface area contributed by atoms with Crippen LogP contribution in [0.2, 0.25) is 0 Å². The Hall–Kier alpha value is -1.68. The molecular weight excluding hydrogens is 244 g/mol. The van der Waals surface area contributed by atoms with Gasteiger partial charge in [-0.1, -0.05) is 0 Å². The van der Waals surface area contributed by atoms with Crippen molar-refractivity contribution in [3.05, 3.63) is 12.0 Å². The molecule has 9 nitrogen and oxygen atoms in total. The molecule has 1 aliphatic heterocycles. The number of hydrogen-bond donors (Lipinski definition) is 5. The third-order valence-electron chi connectivity index (χ3n) is 2.81. The van der Waals surface area contributed by atoms with E-state index in [1.165, 1.54) is 10.9 Å². The summed E-state index contributed by atoms with van der Waals surface area (Å²) in [7, 11) is 0. The number of imidazole rings is 1. The number of primary amides is 1. The number of rotatable bonds is 2. The normalized spacial score (nSPS) is 32.4. The predicted molar refractivity (Wildman–Crippen MR) is 58.2 cm³/mol. The molecule has 1 aromatic rings. The molecule has 0 spiro atoms. The van der Waals surface area contributed by atoms with Crippen molar-refractivity contribution >= 4 is 11.7 Å². The lowest BCUT2D eigenvalue weighted by atomic mass is 10.0. The van der Waals surface area contributed by atoms with E-state index in [0.29, 0.717) is 0 Å². The SMILES string of the molecule is NC(=O)c1ncn([C@@H]2OC[C@@H](O)[C@@H](O)[C@@H]2O)c1N. The third kappa shape index (κ3) is 1.93. The molecule has 1 aromatic heterocycles. The van der Waals surface area contributed by atoms with Crippen LogP contribution in [0.5, 0.6) is 0 Å². The molecule has 1 saturated heterocycles. The first-order chi connectivity index (χ1) is 8.43. The Morgan fingerprint density at radius 2 is 2.11 bits per heavy atom. The topological polar surface area (TPSA) is 157 Å². The van der Waals surface area contributed by atoms with Gasteiger partial charge in [0.15, 0.2) is 11.9 Å². The molecule has 1 amide bonds. The van der Waals surface area contributed by atoms with Gasteiger partial charge in [-0.3, -0.25) is 9.36 Å². The molecular formula is C9H14N4O5. The van der Waals surface area contributed by atoms with E-state index in [4.69, 9.17) is 16.2 Å². The summed E-state index contributed by atoms with van der Waals surface area (Å²) >= 11 is 0. The maximum Gasteiger partial charge on any atom is 0.271 e. The molecule has 0 aliphatic carbocycles. The molecule has 2 heterocycles. The summed E-state index contributed by atoms with van der Waals surface area (Å²) in [6, 6.07) is 0. The summed E-state index contributed by atoms with van der Waals surface area (Å²) in [5.74, 6) is -0.882. The van der Waals surface area contributed by atoms with E-state index in [1.54, 1.807) is 0 Å². The molecule has 7 N–H and O–H groups in total. The summed E-state index contributed by atoms with van der Waals surface area (Å²) < 4.78 is 6.34. The molecule has 9 heteroatoms. The average Bonchev–Trinajstić information content (AvgIpc) is 2.69. The average molecular weight is 258 g/mol. The van der Waals surface area contributed by atoms with E-state index in [9.17, 15) is 20.1 Å². The van der Waals surface area contributed by atoms with Crippen molar-refractivity contribution in [3.63, 3.8) is 0 Å². The van der Waals surface area contributed by atoms with Crippen molar-refractivity contribution in [2.45, 2.75) is 24.5 Å². The number of anilines is 1. The highest BCUT2D eigenvalue weighted by molar-refractivity contribution is 5.95. The Kier molecular flexibility index (Phi) is 3.22. The fourth-order valence-electron chi connectivity index (χ4n) is 1.80. The fourth-order valence-corrected chi connectivity index (χ4v) is 1.80. The van der Waals surface area contributed by atoms with E-state index in [2.05, 4.69) is 4.98 Å². The van der Waals surface area contributed by atoms with Crippen LogP contribution in [0.25, 0.3) is 0 Å². The molecule has 100 valence electrons. The van der Waals surface area contributed by atoms with Crippen molar-refractivity contribution in [1.29, 1.82) is 0 Å². The van der Waals surface area contributed by atoms with Gasteiger partial charge in [-0.15, -0.1) is 0 Å². The van der Waals surface area contributed by atoms with Crippen LogP contribution in [0, 0.1) is 0 Å². The first-order valence-electron chi connectivity index (χ1n) is 5.21. The number of nitrogens with two attached hydrogens (primary N) is 2. The summed E-state index contributed by atoms with van der Waals surface area (Å²) in [5.41, 5.74) is 10.5. The molecule has 0 radical (unpaired) electrons. The lowest BCUT2D eigenvalue weighted by Crippen LogP contribution is -2.50. The number of carbonyl (C=O) groups is 1. The maximum atomic E-state index is 11.0. The van der Waals surface area contributed by atoms with Crippen LogP contribution >= 0.6 is 0 Å². The van der Waals surface area contributed by atoms with E-state index in [0.717, 1.165) is 0 Å². The minimum atomic E-state index is -1.40. The van der Waals surface area contributed by atoms with Crippen molar-refractivity contribution in [3.8, 4) is 0 Å². The molecule has 2 rings (SSSR count). The van der Waals surface area contributed by atoms with Crippen molar-refractivity contribution < 1.29 is 24.9 Å². The van der Waals surface area contributed by atoms with E-state index >= 15 is 0 Å². The van der Waals surface area contributed by atoms with Gasteiger partial charge in [-0.2, -0.15) is 0 Å². The highest BCUT2D eigenvalue weighted by atomic mass is 16.5. The zero-order chi connectivity index (χ0) is 13.4. The van der Waals surface area contributed by atoms with Gasteiger partial charge in [-0.25, -0.2) is 4.98 Å². The Morgan fingerprint density at radius 3 is 2.67 bits per heavy atom. The maximum absolute atomic E-state index is 11.0. The number of aliphatic hydroxyl groups excluding tert-OH is 3. The number of aliphatic hydroxyl groups is 3. The lowest BCUT2D eigenvalue weighted by Gasteiger charge is -2.35. The van der Waals surface area contributed by atoms with Gasteiger partial charge in [0.05, 0.1) is 12.9 Å². The highest BCUT2D eigenvalue weighted by Crippen LogP contribution is 2.27. The van der Waals surface area contributed by atoms with Crippen LogP contribution in [0.1, 0.15) is 16.7 Å². The van der Waals surface area contributed by atoms with Crippen LogP contribution in [-0.4, -0.2) is 55.7 Å². The van der Waals surface area contributed by atoms with Gasteiger partial charge in [0.2, 0.25) is 0 Å². The highest BCUT2D eigenvalue weighted by Gasteiger charge is 2.39. The van der Waals surface area contributed by atoms with Crippen LogP contribution in [-0.2, 0) is 4.74 Å². The molecule has 1 aliphatic rings. The van der Waals surface area contributed by atoms with Crippen LogP contribution < -0.4 is 11.5 Å². The van der Waals surface area contributed by atoms with Crippen LogP contribution in [0.4, 0.5) is 5.82 Å². The van der Waals surface area contributed by atoms with E-state index in [1.807, 2.05) is 0 Å². The van der Waals surface area contributed by atoms with Gasteiger partial charge in [0, 0.05) is 0 Å². The number of amides is 1. The number of hydrogen-bond acceptors (Lipinski definition) is 7. The molecule has 0 aromatic carbocycles. The number of carbonyl (C=O) groups excluding carboxylic acids is 1. The summed E-state index contributed by atoms with van der Waals surface area (Å²) in [6.07, 6.45) is -3.82. The Morgan fingerprint density at radius 1 is 1.44 bits per heavy atom. The smallest absolute Gasteiger partial charge is 0.271 e. The van der Waals surface area contributed by atoms with Gasteiger partial charge >= 0.3 is 0 Å². The van der Waals surface area contributed by atoms with Gasteiger partial charge in [-0.05, 0) is 0 Å². The third-order valence-corrected chi connectivity index (χ3v) is 2.81. The standard InChI is InChI=1S/C9H14N4O5/c10-7-4(8(11)17)12-2-13(7)9-6(16)5(15)3(14)1-18-9/h2-3,5-6,9,14-16H,1,10H2,(H2,11,17)/t3-,5-,6+,9-/m1/s1. The second-order valence-corrected chi connectivity index (χ2v) is 4.02. The summed E-state index contributed by atoms with van der Waals surface area (Å²) in [6.45, 7) is -0.174. The van der Waals surface area contributed by atoms with Crippen LogP contribution in [0.3, 0.4) is 0 Å². The second kappa shape index (κ2) is 4.53. The summed E-state index contributed by atoms with van der Waals surface area (Å²) in [5, 5.41) is 28.6. The minimum Gasteiger partial charge on any atom is -0.388 e. The minimum absolute atomic E-state index is 0.0739. The first kappa shape index (κ1) is 12.8. The summed E-state index contributed by atoms with van der Waals surface area (Å²) in [4.78, 5) is 14.7. The molecule has 0 unspecified atom stereocenters. The number of nitrogens with zero attached hydrogens (tertiary/aromatic N) is 2. The lowest BCUT2D eigenvalue weighted by molar-refractivity contribution is -0.210. The zero-order valence-corrected chi connectivity index (χ0v) is 9.30. The van der Waals surface area contributed by atoms with E-state index < -0.39 is 30.4 Å². The quantitative estimate of drug-likeness (QED) is 0.382. The van der Waals surface area contributed by atoms with Crippen molar-refractivity contribution in [2.75, 3.05) is 12.3 Å². The predicted octanol–water partition coefficient (Wildman–Crippen LogP) is -2.82. The molecule has 4 atom stereocenters. The Balaban J connectivity index is 2.29. The van der Waals surface area contributed by atoms with Crippen molar-refractivity contribution in [1.82, 2.24) is 9.55 Å². The van der Waals surface area contributed by atoms with Gasteiger partial charge in [0.25, 0.3) is 5.91 Å². The molecule has 1 fully saturated rings. The number of aromatic nitrogens is 2. The molecule has 18 heavy (non-hydrogen) atoms. The fraction of sp³-hybridized carbons (Fsp3) is 0.556. The monoisotopic (exact) mass is 258 g/mol. The second-order valence-electron chi connectivity index (χ2n) is 4.02. The van der Waals surface area contributed by atoms with Crippen molar-refractivity contribution in [2.24, 2.45) is 5.73 Å². The zero-order valence-electron chi connectivity index (χ0n) is 9.30. The largest absolute Gasteiger partial charge is 0.388 e. The number of nitrogen functional groups attached to an aromatic ring is 1. The Bertz CT molecular complexity index is 462. The Labute approximate surface area is 102 Å². The van der Waals surface area contributed by atoms with Crippen LogP contribution in [0.15, 0.2) is 6.33 Å².